The standard InChI is InChI=1S/C15H19F3N2O2S/c1-11-3-4-12(15(16,17)18)7-13(11)19-6-5-14(8-19)9-20(10-14)23(2,21)22/h3-4,7H,5-6,8-10H2,1-2H3. The fourth-order valence-corrected chi connectivity index (χ4v) is 4.48. The Morgan fingerprint density at radius 1 is 1.17 bits per heavy atom. The van der Waals surface area contributed by atoms with E-state index in [9.17, 15) is 21.6 Å². The summed E-state index contributed by atoms with van der Waals surface area (Å²) in [4.78, 5) is 1.95. The maximum absolute atomic E-state index is 12.9. The van der Waals surface area contributed by atoms with Gasteiger partial charge in [-0.3, -0.25) is 0 Å². The number of nitrogens with zero attached hydrogens (tertiary/aromatic N) is 2. The minimum absolute atomic E-state index is 0.121. The first-order chi connectivity index (χ1) is 10.5. The van der Waals surface area contributed by atoms with E-state index in [0.29, 0.717) is 31.9 Å². The van der Waals surface area contributed by atoms with Crippen LogP contribution in [0.2, 0.25) is 0 Å². The monoisotopic (exact) mass is 348 g/mol. The first kappa shape index (κ1) is 16.6. The van der Waals surface area contributed by atoms with Crippen molar-refractivity contribution in [2.75, 3.05) is 37.3 Å². The predicted molar refractivity (Wildman–Crippen MR) is 81.9 cm³/mol. The van der Waals surface area contributed by atoms with E-state index < -0.39 is 21.8 Å². The summed E-state index contributed by atoms with van der Waals surface area (Å²) in [6, 6.07) is 3.79. The molecule has 3 rings (SSSR count). The lowest BCUT2D eigenvalue weighted by Crippen LogP contribution is -2.59. The van der Waals surface area contributed by atoms with Crippen LogP contribution in [0.15, 0.2) is 18.2 Å². The van der Waals surface area contributed by atoms with Gasteiger partial charge in [-0.1, -0.05) is 6.07 Å². The van der Waals surface area contributed by atoms with Crippen molar-refractivity contribution in [1.82, 2.24) is 4.31 Å². The molecule has 0 aliphatic carbocycles. The molecule has 1 aromatic carbocycles. The highest BCUT2D eigenvalue weighted by atomic mass is 32.2. The zero-order chi connectivity index (χ0) is 17.0. The van der Waals surface area contributed by atoms with Gasteiger partial charge in [0.2, 0.25) is 10.0 Å². The molecule has 0 unspecified atom stereocenters. The molecule has 0 aromatic heterocycles. The van der Waals surface area contributed by atoms with Gasteiger partial charge in [-0.25, -0.2) is 12.7 Å². The molecule has 2 aliphatic rings. The maximum atomic E-state index is 12.9. The molecule has 2 aliphatic heterocycles. The third kappa shape index (κ3) is 3.06. The molecule has 8 heteroatoms. The van der Waals surface area contributed by atoms with Crippen LogP contribution >= 0.6 is 0 Å². The molecule has 4 nitrogen and oxygen atoms in total. The van der Waals surface area contributed by atoms with Crippen molar-refractivity contribution >= 4 is 15.7 Å². The van der Waals surface area contributed by atoms with Crippen LogP contribution in [-0.2, 0) is 16.2 Å². The van der Waals surface area contributed by atoms with Gasteiger partial charge < -0.3 is 4.90 Å². The summed E-state index contributed by atoms with van der Waals surface area (Å²) in [7, 11) is -3.18. The predicted octanol–water partition coefficient (Wildman–Crippen LogP) is 2.49. The molecule has 23 heavy (non-hydrogen) atoms. The maximum Gasteiger partial charge on any atom is 0.416 e. The van der Waals surface area contributed by atoms with E-state index in [1.807, 2.05) is 4.90 Å². The zero-order valence-electron chi connectivity index (χ0n) is 13.0. The Kier molecular flexibility index (Phi) is 3.68. The van der Waals surface area contributed by atoms with Gasteiger partial charge in [-0.15, -0.1) is 0 Å². The molecule has 0 bridgehead atoms. The van der Waals surface area contributed by atoms with Gasteiger partial charge in [0.15, 0.2) is 0 Å². The number of aryl methyl sites for hydroxylation is 1. The Labute approximate surface area is 133 Å². The van der Waals surface area contributed by atoms with Crippen molar-refractivity contribution in [3.8, 4) is 0 Å². The molecule has 0 atom stereocenters. The Morgan fingerprint density at radius 2 is 1.83 bits per heavy atom. The third-order valence-electron chi connectivity index (χ3n) is 4.81. The minimum atomic E-state index is -4.36. The first-order valence-electron chi connectivity index (χ1n) is 7.38. The van der Waals surface area contributed by atoms with Crippen LogP contribution in [-0.4, -0.2) is 45.2 Å². The molecule has 128 valence electrons. The summed E-state index contributed by atoms with van der Waals surface area (Å²) >= 11 is 0. The second-order valence-electron chi connectivity index (χ2n) is 6.70. The van der Waals surface area contributed by atoms with E-state index in [1.54, 1.807) is 6.92 Å². The molecule has 1 spiro atoms. The van der Waals surface area contributed by atoms with E-state index in [0.717, 1.165) is 18.1 Å². The highest BCUT2D eigenvalue weighted by molar-refractivity contribution is 7.88. The van der Waals surface area contributed by atoms with Crippen LogP contribution in [0.1, 0.15) is 17.5 Å². The van der Waals surface area contributed by atoms with E-state index in [-0.39, 0.29) is 5.41 Å². The van der Waals surface area contributed by atoms with Crippen LogP contribution in [0.3, 0.4) is 0 Å². The lowest BCUT2D eigenvalue weighted by Gasteiger charge is -2.46. The Hall–Kier alpha value is -1.28. The fraction of sp³-hybridized carbons (Fsp3) is 0.600. The van der Waals surface area contributed by atoms with Gasteiger partial charge in [0.25, 0.3) is 0 Å². The fourth-order valence-electron chi connectivity index (χ4n) is 3.46. The van der Waals surface area contributed by atoms with Crippen LogP contribution in [0.5, 0.6) is 0 Å². The minimum Gasteiger partial charge on any atom is -0.371 e. The van der Waals surface area contributed by atoms with Crippen molar-refractivity contribution in [2.45, 2.75) is 19.5 Å². The highest BCUT2D eigenvalue weighted by Gasteiger charge is 2.50. The van der Waals surface area contributed by atoms with Crippen molar-refractivity contribution < 1.29 is 21.6 Å². The number of anilines is 1. The lowest BCUT2D eigenvalue weighted by atomic mass is 9.81. The van der Waals surface area contributed by atoms with Crippen molar-refractivity contribution in [1.29, 1.82) is 0 Å². The number of benzene rings is 1. The van der Waals surface area contributed by atoms with Gasteiger partial charge in [-0.05, 0) is 31.0 Å². The number of alkyl halides is 3. The van der Waals surface area contributed by atoms with Gasteiger partial charge in [0, 0.05) is 37.3 Å². The second-order valence-corrected chi connectivity index (χ2v) is 8.68. The van der Waals surface area contributed by atoms with Gasteiger partial charge in [-0.2, -0.15) is 13.2 Å². The van der Waals surface area contributed by atoms with Crippen LogP contribution in [0.25, 0.3) is 0 Å². The third-order valence-corrected chi connectivity index (χ3v) is 6.00. The zero-order valence-corrected chi connectivity index (χ0v) is 13.8. The molecule has 0 saturated carbocycles. The van der Waals surface area contributed by atoms with Crippen LogP contribution in [0.4, 0.5) is 18.9 Å². The van der Waals surface area contributed by atoms with E-state index in [1.165, 1.54) is 22.7 Å². The molecule has 2 fully saturated rings. The van der Waals surface area contributed by atoms with Gasteiger partial charge in [0.05, 0.1) is 11.8 Å². The SMILES string of the molecule is Cc1ccc(C(F)(F)F)cc1N1CCC2(C1)CN(S(C)(=O)=O)C2. The largest absolute Gasteiger partial charge is 0.416 e. The average Bonchev–Trinajstić information content (AvgIpc) is 2.80. The first-order valence-corrected chi connectivity index (χ1v) is 9.23. The molecule has 2 saturated heterocycles. The number of hydrogen-bond donors (Lipinski definition) is 0. The van der Waals surface area contributed by atoms with Gasteiger partial charge >= 0.3 is 6.18 Å². The van der Waals surface area contributed by atoms with Crippen LogP contribution in [0, 0.1) is 12.3 Å². The molecular formula is C15H19F3N2O2S. The summed E-state index contributed by atoms with van der Waals surface area (Å²) in [6.07, 6.45) is -2.37. The van der Waals surface area contributed by atoms with E-state index >= 15 is 0 Å². The molecule has 0 amide bonds. The normalized spacial score (nSPS) is 21.7. The van der Waals surface area contributed by atoms with E-state index in [4.69, 9.17) is 0 Å². The highest BCUT2D eigenvalue weighted by Crippen LogP contribution is 2.43. The topological polar surface area (TPSA) is 40.6 Å². The summed E-state index contributed by atoms with van der Waals surface area (Å²) in [5, 5.41) is 0. The van der Waals surface area contributed by atoms with Crippen molar-refractivity contribution in [2.24, 2.45) is 5.41 Å². The van der Waals surface area contributed by atoms with Crippen LogP contribution < -0.4 is 4.90 Å². The van der Waals surface area contributed by atoms with Crippen molar-refractivity contribution in [3.05, 3.63) is 29.3 Å². The quantitative estimate of drug-likeness (QED) is 0.824. The average molecular weight is 348 g/mol. The second kappa shape index (κ2) is 5.11. The summed E-state index contributed by atoms with van der Waals surface area (Å²) < 4.78 is 63.1. The Bertz CT molecular complexity index is 725. The molecule has 0 radical (unpaired) electrons. The number of sulfonamides is 1. The van der Waals surface area contributed by atoms with Crippen molar-refractivity contribution in [3.63, 3.8) is 0 Å². The summed E-state index contributed by atoms with van der Waals surface area (Å²) in [5.41, 5.74) is 0.623. The Balaban J connectivity index is 1.78. The smallest absolute Gasteiger partial charge is 0.371 e. The Morgan fingerprint density at radius 3 is 2.39 bits per heavy atom. The summed E-state index contributed by atoms with van der Waals surface area (Å²) in [6.45, 7) is 3.96. The van der Waals surface area contributed by atoms with Gasteiger partial charge in [0.1, 0.15) is 0 Å². The molecular weight excluding hydrogens is 329 g/mol. The number of halogens is 3. The lowest BCUT2D eigenvalue weighted by molar-refractivity contribution is -0.137. The molecule has 0 N–H and O–H groups in total. The molecule has 1 aromatic rings. The number of rotatable bonds is 2. The number of hydrogen-bond acceptors (Lipinski definition) is 3. The summed E-state index contributed by atoms with van der Waals surface area (Å²) in [5.74, 6) is 0. The molecule has 2 heterocycles. The van der Waals surface area contributed by atoms with E-state index in [2.05, 4.69) is 0 Å².